The molecule has 0 aromatic carbocycles. The molecule has 0 amide bonds. The summed E-state index contributed by atoms with van der Waals surface area (Å²) in [6, 6.07) is 1.58. The third-order valence-corrected chi connectivity index (χ3v) is 7.65. The minimum atomic E-state index is -3.39. The lowest BCUT2D eigenvalue weighted by molar-refractivity contribution is 0.120. The fourth-order valence-electron chi connectivity index (χ4n) is 3.97. The first-order valence-corrected chi connectivity index (χ1v) is 12.2. The lowest BCUT2D eigenvalue weighted by Crippen LogP contribution is -2.54. The summed E-state index contributed by atoms with van der Waals surface area (Å²) in [5.74, 6) is 1.36. The van der Waals surface area contributed by atoms with Crippen molar-refractivity contribution >= 4 is 16.0 Å². The van der Waals surface area contributed by atoms with Crippen LogP contribution in [0.1, 0.15) is 18.5 Å². The van der Waals surface area contributed by atoms with Crippen LogP contribution in [0.15, 0.2) is 21.8 Å². The van der Waals surface area contributed by atoms with Gasteiger partial charge in [0.1, 0.15) is 12.0 Å². The predicted octanol–water partition coefficient (Wildman–Crippen LogP) is 0.0558. The molecular weight excluding hydrogens is 408 g/mol. The molecule has 170 valence electrons. The fraction of sp³-hybridized carbons (Fsp3) is 0.789. The van der Waals surface area contributed by atoms with Crippen molar-refractivity contribution in [1.29, 1.82) is 0 Å². The van der Waals surface area contributed by atoms with E-state index in [4.69, 9.17) is 9.26 Å². The van der Waals surface area contributed by atoms with Crippen LogP contribution < -0.4 is 5.32 Å². The molecule has 3 rings (SSSR count). The molecule has 0 atom stereocenters. The van der Waals surface area contributed by atoms with Gasteiger partial charge in [0.2, 0.25) is 10.0 Å². The Bertz CT molecular complexity index is 754. The van der Waals surface area contributed by atoms with E-state index in [1.165, 1.54) is 23.4 Å². The number of hydrogen-bond acceptors (Lipinski definition) is 7. The molecule has 0 unspecified atom stereocenters. The van der Waals surface area contributed by atoms with E-state index in [2.05, 4.69) is 25.3 Å². The maximum absolute atomic E-state index is 12.6. The quantitative estimate of drug-likeness (QED) is 0.445. The standard InChI is InChI=1S/C19H34N6O4S/c1-20-19(21-15-17-3-6-23(7-4-17)12-14-28-2)24-8-10-25(11-9-24)30(26,27)16-18-5-13-29-22-18/h5,13,17H,3-4,6-12,14-16H2,1-2H3,(H,20,21). The molecule has 1 aromatic heterocycles. The summed E-state index contributed by atoms with van der Waals surface area (Å²) in [6.45, 7) is 7.03. The molecule has 11 heteroatoms. The normalized spacial score (nSPS) is 20.6. The maximum Gasteiger partial charge on any atom is 0.220 e. The van der Waals surface area contributed by atoms with Crippen LogP contribution in [0.4, 0.5) is 0 Å². The number of rotatable bonds is 8. The Morgan fingerprint density at radius 1 is 1.27 bits per heavy atom. The number of hydrogen-bond donors (Lipinski definition) is 1. The highest BCUT2D eigenvalue weighted by molar-refractivity contribution is 7.88. The number of guanidine groups is 1. The molecule has 3 heterocycles. The van der Waals surface area contributed by atoms with Crippen molar-refractivity contribution in [3.63, 3.8) is 0 Å². The third kappa shape index (κ3) is 6.40. The van der Waals surface area contributed by atoms with Crippen LogP contribution in [0.3, 0.4) is 0 Å². The zero-order valence-corrected chi connectivity index (χ0v) is 18.8. The van der Waals surface area contributed by atoms with Crippen LogP contribution in [0.2, 0.25) is 0 Å². The van der Waals surface area contributed by atoms with Gasteiger partial charge in [0.25, 0.3) is 0 Å². The summed E-state index contributed by atoms with van der Waals surface area (Å²) in [5, 5.41) is 7.21. The largest absolute Gasteiger partial charge is 0.383 e. The van der Waals surface area contributed by atoms with Gasteiger partial charge in [0.15, 0.2) is 5.96 Å². The minimum Gasteiger partial charge on any atom is -0.383 e. The van der Waals surface area contributed by atoms with E-state index in [-0.39, 0.29) is 5.75 Å². The van der Waals surface area contributed by atoms with Gasteiger partial charge in [0, 0.05) is 59.5 Å². The lowest BCUT2D eigenvalue weighted by Gasteiger charge is -2.37. The van der Waals surface area contributed by atoms with Gasteiger partial charge in [-0.2, -0.15) is 4.31 Å². The van der Waals surface area contributed by atoms with Gasteiger partial charge >= 0.3 is 0 Å². The number of likely N-dealkylation sites (tertiary alicyclic amines) is 1. The van der Waals surface area contributed by atoms with E-state index in [0.717, 1.165) is 38.7 Å². The summed E-state index contributed by atoms with van der Waals surface area (Å²) in [5.41, 5.74) is 0.433. The summed E-state index contributed by atoms with van der Waals surface area (Å²) in [7, 11) is 0.132. The highest BCUT2D eigenvalue weighted by Gasteiger charge is 2.29. The zero-order valence-electron chi connectivity index (χ0n) is 18.0. The van der Waals surface area contributed by atoms with Gasteiger partial charge in [-0.05, 0) is 31.8 Å². The monoisotopic (exact) mass is 442 g/mol. The number of nitrogens with one attached hydrogen (secondary N) is 1. The molecular formula is C19H34N6O4S. The number of methoxy groups -OCH3 is 1. The minimum absolute atomic E-state index is 0.125. The van der Waals surface area contributed by atoms with Gasteiger partial charge in [-0.3, -0.25) is 4.99 Å². The molecule has 0 saturated carbocycles. The Kier molecular flexibility index (Phi) is 8.49. The number of piperidine rings is 1. The van der Waals surface area contributed by atoms with Gasteiger partial charge in [0.05, 0.1) is 12.3 Å². The Morgan fingerprint density at radius 3 is 2.60 bits per heavy atom. The van der Waals surface area contributed by atoms with Crippen molar-refractivity contribution in [3.8, 4) is 0 Å². The molecule has 2 aliphatic heterocycles. The number of ether oxygens (including phenoxy) is 1. The van der Waals surface area contributed by atoms with Gasteiger partial charge in [-0.1, -0.05) is 5.16 Å². The summed E-state index contributed by atoms with van der Waals surface area (Å²) in [4.78, 5) is 9.00. The zero-order chi connectivity index (χ0) is 21.4. The maximum atomic E-state index is 12.6. The number of aliphatic imine (C=N–C) groups is 1. The van der Waals surface area contributed by atoms with Crippen molar-refractivity contribution in [2.24, 2.45) is 10.9 Å². The Balaban J connectivity index is 1.41. The Morgan fingerprint density at radius 2 is 2.00 bits per heavy atom. The van der Waals surface area contributed by atoms with Crippen LogP contribution in [-0.4, -0.2) is 107 Å². The molecule has 30 heavy (non-hydrogen) atoms. The first kappa shape index (κ1) is 23.0. The fourth-order valence-corrected chi connectivity index (χ4v) is 5.40. The molecule has 10 nitrogen and oxygen atoms in total. The smallest absolute Gasteiger partial charge is 0.220 e. The van der Waals surface area contributed by atoms with Crippen LogP contribution in [0.25, 0.3) is 0 Å². The molecule has 0 bridgehead atoms. The van der Waals surface area contributed by atoms with Crippen LogP contribution >= 0.6 is 0 Å². The van der Waals surface area contributed by atoms with Crippen molar-refractivity contribution in [1.82, 2.24) is 24.6 Å². The first-order chi connectivity index (χ1) is 14.5. The van der Waals surface area contributed by atoms with Crippen LogP contribution in [0, 0.1) is 5.92 Å². The molecule has 2 aliphatic rings. The van der Waals surface area contributed by atoms with Crippen LogP contribution in [-0.2, 0) is 20.5 Å². The van der Waals surface area contributed by atoms with E-state index in [0.29, 0.717) is 37.8 Å². The molecule has 1 N–H and O–H groups in total. The summed E-state index contributed by atoms with van der Waals surface area (Å²) < 4.78 is 36.6. The van der Waals surface area contributed by atoms with Gasteiger partial charge in [-0.25, -0.2) is 8.42 Å². The predicted molar refractivity (Wildman–Crippen MR) is 115 cm³/mol. The number of sulfonamides is 1. The Labute approximate surface area is 179 Å². The SMILES string of the molecule is CN=C(NCC1CCN(CCOC)CC1)N1CCN(S(=O)(=O)Cc2ccon2)CC1. The van der Waals surface area contributed by atoms with Crippen molar-refractivity contribution in [2.75, 3.05) is 73.1 Å². The summed E-state index contributed by atoms with van der Waals surface area (Å²) in [6.07, 6.45) is 3.73. The number of aromatic nitrogens is 1. The van der Waals surface area contributed by atoms with E-state index < -0.39 is 10.0 Å². The molecule has 0 radical (unpaired) electrons. The molecule has 2 saturated heterocycles. The van der Waals surface area contributed by atoms with E-state index in [9.17, 15) is 8.42 Å². The average Bonchev–Trinajstić information content (AvgIpc) is 3.26. The third-order valence-electron chi connectivity index (χ3n) is 5.83. The van der Waals surface area contributed by atoms with Gasteiger partial charge in [-0.15, -0.1) is 0 Å². The summed E-state index contributed by atoms with van der Waals surface area (Å²) >= 11 is 0. The lowest BCUT2D eigenvalue weighted by atomic mass is 9.97. The van der Waals surface area contributed by atoms with Crippen molar-refractivity contribution in [3.05, 3.63) is 18.0 Å². The van der Waals surface area contributed by atoms with E-state index in [1.807, 2.05) is 0 Å². The van der Waals surface area contributed by atoms with Gasteiger partial charge < -0.3 is 24.4 Å². The molecule has 1 aromatic rings. The molecule has 0 spiro atoms. The van der Waals surface area contributed by atoms with E-state index >= 15 is 0 Å². The molecule has 0 aliphatic carbocycles. The second kappa shape index (κ2) is 11.1. The Hall–Kier alpha value is -1.69. The topological polar surface area (TPSA) is 104 Å². The number of nitrogens with zero attached hydrogens (tertiary/aromatic N) is 5. The molecule has 2 fully saturated rings. The van der Waals surface area contributed by atoms with Crippen molar-refractivity contribution < 1.29 is 17.7 Å². The average molecular weight is 443 g/mol. The highest BCUT2D eigenvalue weighted by atomic mass is 32.2. The number of piperazine rings is 1. The second-order valence-corrected chi connectivity index (χ2v) is 9.81. The van der Waals surface area contributed by atoms with E-state index in [1.54, 1.807) is 20.2 Å². The highest BCUT2D eigenvalue weighted by Crippen LogP contribution is 2.17. The van der Waals surface area contributed by atoms with Crippen LogP contribution in [0.5, 0.6) is 0 Å². The first-order valence-electron chi connectivity index (χ1n) is 10.6. The second-order valence-electron chi connectivity index (χ2n) is 7.84. The van der Waals surface area contributed by atoms with Crippen molar-refractivity contribution in [2.45, 2.75) is 18.6 Å².